The van der Waals surface area contributed by atoms with Crippen molar-refractivity contribution in [3.8, 4) is 0 Å². The first-order chi connectivity index (χ1) is 10.7. The van der Waals surface area contributed by atoms with E-state index in [0.717, 1.165) is 5.56 Å². The van der Waals surface area contributed by atoms with Gasteiger partial charge < -0.3 is 10.4 Å². The molecular weight excluding hydrogens is 318 g/mol. The molecular formula is C16H23NO5S. The smallest absolute Gasteiger partial charge is 0.326 e. The molecule has 0 radical (unpaired) electrons. The number of rotatable bonds is 8. The number of sulfone groups is 1. The van der Waals surface area contributed by atoms with Gasteiger partial charge in [-0.3, -0.25) is 4.79 Å². The van der Waals surface area contributed by atoms with Crippen molar-refractivity contribution in [2.75, 3.05) is 5.75 Å². The summed E-state index contributed by atoms with van der Waals surface area (Å²) in [6, 6.07) is 5.50. The van der Waals surface area contributed by atoms with Crippen molar-refractivity contribution < 1.29 is 23.1 Å². The Morgan fingerprint density at radius 2 is 1.74 bits per heavy atom. The van der Waals surface area contributed by atoms with Gasteiger partial charge in [0.2, 0.25) is 5.91 Å². The average molecular weight is 341 g/mol. The lowest BCUT2D eigenvalue weighted by Crippen LogP contribution is -2.44. The van der Waals surface area contributed by atoms with E-state index in [4.69, 9.17) is 5.11 Å². The molecule has 1 aromatic rings. The van der Waals surface area contributed by atoms with Gasteiger partial charge in [-0.05, 0) is 30.0 Å². The highest BCUT2D eigenvalue weighted by Crippen LogP contribution is 2.13. The standard InChI is InChI=1S/C16H23NO5S/c1-4-23(21,22)13-8-5-12(6-9-13)7-10-14(18)17-15(11(2)3)16(19)20/h5-6,8-9,11,15H,4,7,10H2,1-3H3,(H,17,18)(H,19,20)/t15-/m1/s1. The molecule has 0 fully saturated rings. The second kappa shape index (κ2) is 8.10. The molecule has 0 aliphatic carbocycles. The molecule has 0 heterocycles. The summed E-state index contributed by atoms with van der Waals surface area (Å²) in [5, 5.41) is 11.5. The molecule has 128 valence electrons. The molecule has 0 saturated heterocycles. The fourth-order valence-electron chi connectivity index (χ4n) is 2.05. The van der Waals surface area contributed by atoms with E-state index in [2.05, 4.69) is 5.32 Å². The largest absolute Gasteiger partial charge is 0.480 e. The third-order valence-corrected chi connectivity index (χ3v) is 5.30. The van der Waals surface area contributed by atoms with E-state index in [-0.39, 0.29) is 28.9 Å². The van der Waals surface area contributed by atoms with Gasteiger partial charge in [0, 0.05) is 6.42 Å². The normalized spacial score (nSPS) is 12.9. The molecule has 0 aliphatic rings. The Kier molecular flexibility index (Phi) is 6.75. The van der Waals surface area contributed by atoms with Crippen LogP contribution in [0.15, 0.2) is 29.2 Å². The number of amides is 1. The Morgan fingerprint density at radius 1 is 1.17 bits per heavy atom. The van der Waals surface area contributed by atoms with Gasteiger partial charge in [0.15, 0.2) is 9.84 Å². The van der Waals surface area contributed by atoms with Gasteiger partial charge in [0.05, 0.1) is 10.6 Å². The highest BCUT2D eigenvalue weighted by Gasteiger charge is 2.23. The number of hydrogen-bond donors (Lipinski definition) is 2. The van der Waals surface area contributed by atoms with Gasteiger partial charge >= 0.3 is 5.97 Å². The van der Waals surface area contributed by atoms with E-state index in [0.29, 0.717) is 6.42 Å². The third kappa shape index (κ3) is 5.67. The van der Waals surface area contributed by atoms with Gasteiger partial charge in [-0.25, -0.2) is 13.2 Å². The lowest BCUT2D eigenvalue weighted by atomic mass is 10.0. The monoisotopic (exact) mass is 341 g/mol. The predicted molar refractivity (Wildman–Crippen MR) is 86.9 cm³/mol. The van der Waals surface area contributed by atoms with E-state index >= 15 is 0 Å². The molecule has 6 nitrogen and oxygen atoms in total. The summed E-state index contributed by atoms with van der Waals surface area (Å²) < 4.78 is 23.4. The molecule has 1 atom stereocenters. The number of aliphatic carboxylic acids is 1. The number of carbonyl (C=O) groups is 2. The SMILES string of the molecule is CCS(=O)(=O)c1ccc(CCC(=O)N[C@@H](C(=O)O)C(C)C)cc1. The number of nitrogens with one attached hydrogen (secondary N) is 1. The fraction of sp³-hybridized carbons (Fsp3) is 0.500. The maximum Gasteiger partial charge on any atom is 0.326 e. The summed E-state index contributed by atoms with van der Waals surface area (Å²) in [5.74, 6) is -1.55. The molecule has 7 heteroatoms. The molecule has 0 spiro atoms. The van der Waals surface area contributed by atoms with Crippen LogP contribution in [0.1, 0.15) is 32.8 Å². The third-order valence-electron chi connectivity index (χ3n) is 3.55. The molecule has 1 aromatic carbocycles. The van der Waals surface area contributed by atoms with Crippen molar-refractivity contribution in [3.63, 3.8) is 0 Å². The van der Waals surface area contributed by atoms with Crippen LogP contribution in [-0.2, 0) is 25.8 Å². The van der Waals surface area contributed by atoms with Gasteiger partial charge in [-0.1, -0.05) is 32.9 Å². The molecule has 0 bridgehead atoms. The van der Waals surface area contributed by atoms with E-state index in [1.165, 1.54) is 12.1 Å². The Hall–Kier alpha value is -1.89. The van der Waals surface area contributed by atoms with E-state index in [9.17, 15) is 18.0 Å². The maximum absolute atomic E-state index is 11.8. The Balaban J connectivity index is 2.62. The van der Waals surface area contributed by atoms with Gasteiger partial charge in [-0.2, -0.15) is 0 Å². The zero-order valence-corrected chi connectivity index (χ0v) is 14.4. The van der Waals surface area contributed by atoms with Crippen LogP contribution in [0.25, 0.3) is 0 Å². The minimum Gasteiger partial charge on any atom is -0.480 e. The van der Waals surface area contributed by atoms with Crippen LogP contribution in [0.5, 0.6) is 0 Å². The summed E-state index contributed by atoms with van der Waals surface area (Å²) in [6.07, 6.45) is 0.569. The molecule has 1 rings (SSSR count). The van der Waals surface area contributed by atoms with Crippen molar-refractivity contribution in [3.05, 3.63) is 29.8 Å². The second-order valence-electron chi connectivity index (χ2n) is 5.67. The fourth-order valence-corrected chi connectivity index (χ4v) is 2.93. The zero-order valence-electron chi connectivity index (χ0n) is 13.6. The number of carboxylic acid groups (broad SMARTS) is 1. The number of hydrogen-bond acceptors (Lipinski definition) is 4. The Labute approximate surface area is 136 Å². The number of aryl methyl sites for hydroxylation is 1. The van der Waals surface area contributed by atoms with Crippen molar-refractivity contribution >= 4 is 21.7 Å². The number of carboxylic acids is 1. The Morgan fingerprint density at radius 3 is 2.17 bits per heavy atom. The van der Waals surface area contributed by atoms with Crippen LogP contribution >= 0.6 is 0 Å². The lowest BCUT2D eigenvalue weighted by Gasteiger charge is -2.17. The minimum atomic E-state index is -3.23. The summed E-state index contributed by atoms with van der Waals surface area (Å²) >= 11 is 0. The quantitative estimate of drug-likeness (QED) is 0.748. The molecule has 0 aromatic heterocycles. The minimum absolute atomic E-state index is 0.0422. The van der Waals surface area contributed by atoms with Crippen LogP contribution in [-0.4, -0.2) is 37.2 Å². The van der Waals surface area contributed by atoms with Crippen LogP contribution < -0.4 is 5.32 Å². The summed E-state index contributed by atoms with van der Waals surface area (Å²) in [4.78, 5) is 23.1. The predicted octanol–water partition coefficient (Wildman–Crippen LogP) is 1.64. The number of benzene rings is 1. The van der Waals surface area contributed by atoms with Gasteiger partial charge in [-0.15, -0.1) is 0 Å². The van der Waals surface area contributed by atoms with Crippen molar-refractivity contribution in [1.82, 2.24) is 5.32 Å². The van der Waals surface area contributed by atoms with Crippen LogP contribution in [0.2, 0.25) is 0 Å². The summed E-state index contributed by atoms with van der Waals surface area (Å²) in [7, 11) is -3.23. The van der Waals surface area contributed by atoms with E-state index in [1.54, 1.807) is 32.9 Å². The van der Waals surface area contributed by atoms with Crippen LogP contribution in [0.4, 0.5) is 0 Å². The maximum atomic E-state index is 11.8. The molecule has 0 aliphatic heterocycles. The van der Waals surface area contributed by atoms with Crippen molar-refractivity contribution in [2.24, 2.45) is 5.92 Å². The van der Waals surface area contributed by atoms with Crippen molar-refractivity contribution in [1.29, 1.82) is 0 Å². The first-order valence-electron chi connectivity index (χ1n) is 7.51. The van der Waals surface area contributed by atoms with Crippen LogP contribution in [0, 0.1) is 5.92 Å². The second-order valence-corrected chi connectivity index (χ2v) is 7.95. The van der Waals surface area contributed by atoms with E-state index in [1.807, 2.05) is 0 Å². The van der Waals surface area contributed by atoms with Gasteiger partial charge in [0.25, 0.3) is 0 Å². The summed E-state index contributed by atoms with van der Waals surface area (Å²) in [6.45, 7) is 5.04. The topological polar surface area (TPSA) is 101 Å². The highest BCUT2D eigenvalue weighted by atomic mass is 32.2. The molecule has 23 heavy (non-hydrogen) atoms. The first-order valence-corrected chi connectivity index (χ1v) is 9.16. The molecule has 0 unspecified atom stereocenters. The summed E-state index contributed by atoms with van der Waals surface area (Å²) in [5.41, 5.74) is 0.826. The van der Waals surface area contributed by atoms with Crippen LogP contribution in [0.3, 0.4) is 0 Å². The molecule has 0 saturated carbocycles. The average Bonchev–Trinajstić information content (AvgIpc) is 2.50. The Bertz CT molecular complexity index is 650. The van der Waals surface area contributed by atoms with Crippen molar-refractivity contribution in [2.45, 2.75) is 44.6 Å². The number of carbonyl (C=O) groups excluding carboxylic acids is 1. The first kappa shape index (κ1) is 19.2. The lowest BCUT2D eigenvalue weighted by molar-refractivity contribution is -0.143. The molecule has 1 amide bonds. The van der Waals surface area contributed by atoms with Gasteiger partial charge in [0.1, 0.15) is 6.04 Å². The van der Waals surface area contributed by atoms with E-state index < -0.39 is 21.8 Å². The zero-order chi connectivity index (χ0) is 17.6. The molecule has 2 N–H and O–H groups in total. The highest BCUT2D eigenvalue weighted by molar-refractivity contribution is 7.91.